The normalized spacial score (nSPS) is 21.8. The number of methoxy groups -OCH3 is 1. The monoisotopic (exact) mass is 521 g/mol. The Morgan fingerprint density at radius 3 is 2.08 bits per heavy atom. The Morgan fingerprint density at radius 2 is 1.61 bits per heavy atom. The number of phenolic OH excluding ortho intramolecular Hbond substituents is 1. The lowest BCUT2D eigenvalue weighted by Gasteiger charge is -2.32. The lowest BCUT2D eigenvalue weighted by atomic mass is 9.77. The second kappa shape index (κ2) is 10.1. The maximum atomic E-state index is 13.5. The molecule has 0 saturated carbocycles. The van der Waals surface area contributed by atoms with Crippen LogP contribution in [-0.4, -0.2) is 53.2 Å². The number of benzene rings is 2. The van der Waals surface area contributed by atoms with Crippen molar-refractivity contribution in [3.8, 4) is 11.5 Å². The predicted octanol–water partition coefficient (Wildman–Crippen LogP) is 5.60. The fourth-order valence-corrected chi connectivity index (χ4v) is 5.29. The van der Waals surface area contributed by atoms with Crippen LogP contribution in [-0.2, 0) is 25.2 Å². The van der Waals surface area contributed by atoms with Gasteiger partial charge in [-0.25, -0.2) is 0 Å². The van der Waals surface area contributed by atoms with Crippen LogP contribution < -0.4 is 4.74 Å². The van der Waals surface area contributed by atoms with Crippen molar-refractivity contribution in [1.82, 2.24) is 4.90 Å². The Kier molecular flexibility index (Phi) is 7.36. The van der Waals surface area contributed by atoms with Crippen LogP contribution in [0.5, 0.6) is 11.5 Å². The van der Waals surface area contributed by atoms with Crippen LogP contribution in [0, 0.1) is 0 Å². The van der Waals surface area contributed by atoms with Crippen LogP contribution in [0.25, 0.3) is 5.76 Å². The van der Waals surface area contributed by atoms with E-state index in [2.05, 4.69) is 0 Å². The van der Waals surface area contributed by atoms with E-state index in [1.165, 1.54) is 4.90 Å². The summed E-state index contributed by atoms with van der Waals surface area (Å²) >= 11 is 0. The van der Waals surface area contributed by atoms with Gasteiger partial charge < -0.3 is 24.6 Å². The number of hydrogen-bond donors (Lipinski definition) is 2. The highest BCUT2D eigenvalue weighted by atomic mass is 16.5. The van der Waals surface area contributed by atoms with Gasteiger partial charge in [0.05, 0.1) is 24.8 Å². The number of aromatic hydroxyl groups is 1. The summed E-state index contributed by atoms with van der Waals surface area (Å²) < 4.78 is 11.1. The number of aliphatic hydroxyl groups excluding tert-OH is 1. The zero-order valence-corrected chi connectivity index (χ0v) is 23.4. The first-order chi connectivity index (χ1) is 17.7. The largest absolute Gasteiger partial charge is 0.507 e. The van der Waals surface area contributed by atoms with Gasteiger partial charge in [0.2, 0.25) is 0 Å². The van der Waals surface area contributed by atoms with Crippen LogP contribution >= 0.6 is 0 Å². The molecule has 4 rings (SSSR count). The van der Waals surface area contributed by atoms with Gasteiger partial charge in [-0.15, -0.1) is 0 Å². The molecular weight excluding hydrogens is 482 g/mol. The van der Waals surface area contributed by atoms with Gasteiger partial charge in [0.15, 0.2) is 0 Å². The zero-order chi connectivity index (χ0) is 28.0. The third kappa shape index (κ3) is 5.17. The summed E-state index contributed by atoms with van der Waals surface area (Å²) in [5, 5.41) is 22.7. The first-order valence-electron chi connectivity index (χ1n) is 13.2. The summed E-state index contributed by atoms with van der Waals surface area (Å²) in [4.78, 5) is 28.5. The average molecular weight is 522 g/mol. The van der Waals surface area contributed by atoms with Crippen LogP contribution in [0.2, 0.25) is 0 Å². The van der Waals surface area contributed by atoms with Gasteiger partial charge in [0.1, 0.15) is 17.3 Å². The van der Waals surface area contributed by atoms with Gasteiger partial charge >= 0.3 is 0 Å². The van der Waals surface area contributed by atoms with E-state index in [1.54, 1.807) is 31.4 Å². The maximum Gasteiger partial charge on any atom is 0.295 e. The molecule has 2 fully saturated rings. The Bertz CT molecular complexity index is 1220. The molecule has 38 heavy (non-hydrogen) atoms. The molecule has 2 unspecified atom stereocenters. The minimum Gasteiger partial charge on any atom is -0.507 e. The van der Waals surface area contributed by atoms with Crippen molar-refractivity contribution in [2.45, 2.75) is 77.4 Å². The number of phenols is 1. The molecule has 2 aliphatic rings. The van der Waals surface area contributed by atoms with Crippen LogP contribution in [0.1, 0.15) is 82.7 Å². The third-order valence-corrected chi connectivity index (χ3v) is 7.39. The third-order valence-electron chi connectivity index (χ3n) is 7.39. The molecule has 2 N–H and O–H groups in total. The van der Waals surface area contributed by atoms with Crippen LogP contribution in [0.3, 0.4) is 0 Å². The fourth-order valence-electron chi connectivity index (χ4n) is 5.29. The molecule has 0 bridgehead atoms. The van der Waals surface area contributed by atoms with Crippen molar-refractivity contribution >= 4 is 17.4 Å². The Morgan fingerprint density at radius 1 is 1.03 bits per heavy atom. The minimum atomic E-state index is -0.830. The molecule has 2 aromatic rings. The van der Waals surface area contributed by atoms with E-state index < -0.39 is 28.6 Å². The molecule has 2 heterocycles. The lowest BCUT2D eigenvalue weighted by Crippen LogP contribution is -2.36. The van der Waals surface area contributed by atoms with E-state index in [0.29, 0.717) is 34.6 Å². The molecule has 2 saturated heterocycles. The highest BCUT2D eigenvalue weighted by molar-refractivity contribution is 6.46. The molecule has 7 heteroatoms. The molecule has 0 radical (unpaired) electrons. The number of ketones is 1. The van der Waals surface area contributed by atoms with E-state index in [9.17, 15) is 19.8 Å². The smallest absolute Gasteiger partial charge is 0.295 e. The summed E-state index contributed by atoms with van der Waals surface area (Å²) in [7, 11) is 1.55. The van der Waals surface area contributed by atoms with Crippen LogP contribution in [0.4, 0.5) is 0 Å². The summed E-state index contributed by atoms with van der Waals surface area (Å²) in [5.41, 5.74) is 1.73. The summed E-state index contributed by atoms with van der Waals surface area (Å²) in [6.07, 6.45) is 1.51. The first-order valence-corrected chi connectivity index (χ1v) is 13.2. The lowest BCUT2D eigenvalue weighted by molar-refractivity contribution is -0.140. The first kappa shape index (κ1) is 27.7. The van der Waals surface area contributed by atoms with Crippen molar-refractivity contribution in [3.05, 3.63) is 64.2 Å². The van der Waals surface area contributed by atoms with E-state index >= 15 is 0 Å². The summed E-state index contributed by atoms with van der Waals surface area (Å²) in [6.45, 7) is 12.9. The SMILES string of the molecule is COc1ccc(C(O)=C2C(=O)C(=O)N(CC3CCCO3)C2c2cc(C(C)(C)C)c(O)c(C(C)(C)C)c2)cc1. The Labute approximate surface area is 225 Å². The predicted molar refractivity (Wildman–Crippen MR) is 146 cm³/mol. The minimum absolute atomic E-state index is 0.0311. The number of ether oxygens (including phenoxy) is 2. The molecule has 2 aliphatic heterocycles. The molecule has 204 valence electrons. The van der Waals surface area contributed by atoms with E-state index in [1.807, 2.05) is 53.7 Å². The average Bonchev–Trinajstić information content (AvgIpc) is 3.45. The van der Waals surface area contributed by atoms with Gasteiger partial charge in [-0.05, 0) is 76.8 Å². The number of carbonyl (C=O) groups excluding carboxylic acids is 2. The fraction of sp³-hybridized carbons (Fsp3) is 0.484. The highest BCUT2D eigenvalue weighted by Crippen LogP contribution is 2.46. The second-order valence-corrected chi connectivity index (χ2v) is 12.3. The van der Waals surface area contributed by atoms with E-state index in [-0.39, 0.29) is 29.7 Å². The number of carbonyl (C=O) groups is 2. The summed E-state index contributed by atoms with van der Waals surface area (Å²) in [5.74, 6) is -0.819. The molecule has 0 spiro atoms. The number of aliphatic hydroxyl groups is 1. The maximum absolute atomic E-state index is 13.5. The zero-order valence-electron chi connectivity index (χ0n) is 23.4. The van der Waals surface area contributed by atoms with E-state index in [0.717, 1.165) is 12.8 Å². The number of rotatable bonds is 5. The number of hydrogen-bond acceptors (Lipinski definition) is 6. The molecule has 7 nitrogen and oxygen atoms in total. The van der Waals surface area contributed by atoms with Crippen molar-refractivity contribution in [2.24, 2.45) is 0 Å². The van der Waals surface area contributed by atoms with Crippen molar-refractivity contribution < 1.29 is 29.3 Å². The van der Waals surface area contributed by atoms with Crippen LogP contribution in [0.15, 0.2) is 42.0 Å². The molecule has 0 aromatic heterocycles. The molecule has 0 aliphatic carbocycles. The molecule has 2 atom stereocenters. The van der Waals surface area contributed by atoms with Gasteiger partial charge in [-0.2, -0.15) is 0 Å². The molecule has 1 amide bonds. The van der Waals surface area contributed by atoms with Gasteiger partial charge in [-0.3, -0.25) is 9.59 Å². The Hall–Kier alpha value is -3.32. The van der Waals surface area contributed by atoms with Gasteiger partial charge in [0, 0.05) is 18.7 Å². The highest BCUT2D eigenvalue weighted by Gasteiger charge is 2.47. The topological polar surface area (TPSA) is 96.3 Å². The molecular formula is C31H39NO6. The standard InChI is InChI=1S/C31H39NO6/c1-30(2,3)22-15-19(16-23(27(22)34)31(4,5)6)25-24(26(33)18-10-12-20(37-7)13-11-18)28(35)29(36)32(25)17-21-9-8-14-38-21/h10-13,15-16,21,25,33-34H,8-9,14,17H2,1-7H3. The van der Waals surface area contributed by atoms with Crippen molar-refractivity contribution in [2.75, 3.05) is 20.3 Å². The number of likely N-dealkylation sites (tertiary alicyclic amines) is 1. The van der Waals surface area contributed by atoms with Gasteiger partial charge in [-0.1, -0.05) is 41.5 Å². The van der Waals surface area contributed by atoms with Crippen molar-refractivity contribution in [3.63, 3.8) is 0 Å². The quantitative estimate of drug-likeness (QED) is 0.302. The number of amides is 1. The van der Waals surface area contributed by atoms with E-state index in [4.69, 9.17) is 9.47 Å². The number of Topliss-reactive ketones (excluding diaryl/α,β-unsaturated/α-hetero) is 1. The second-order valence-electron chi connectivity index (χ2n) is 12.3. The number of nitrogens with zero attached hydrogens (tertiary/aromatic N) is 1. The Balaban J connectivity index is 1.97. The van der Waals surface area contributed by atoms with Crippen molar-refractivity contribution in [1.29, 1.82) is 0 Å². The molecule has 2 aromatic carbocycles. The summed E-state index contributed by atoms with van der Waals surface area (Å²) in [6, 6.07) is 9.62. The van der Waals surface area contributed by atoms with Gasteiger partial charge in [0.25, 0.3) is 11.7 Å².